The van der Waals surface area contributed by atoms with Gasteiger partial charge in [0, 0.05) is 65.9 Å². The van der Waals surface area contributed by atoms with E-state index in [4.69, 9.17) is 19.4 Å². The molecule has 2 aromatic rings. The smallest absolute Gasteiger partial charge is 0.281 e. The minimum Gasteiger partial charge on any atom is -0.497 e. The lowest BCUT2D eigenvalue weighted by Crippen LogP contribution is -2.52. The third-order valence-electron chi connectivity index (χ3n) is 6.23. The molecule has 186 valence electrons. The van der Waals surface area contributed by atoms with Crippen molar-refractivity contribution in [1.82, 2.24) is 18.6 Å². The Morgan fingerprint density at radius 2 is 1.50 bits per heavy atom. The highest BCUT2D eigenvalue weighted by Gasteiger charge is 2.29. The Labute approximate surface area is 202 Å². The van der Waals surface area contributed by atoms with E-state index in [1.807, 2.05) is 18.2 Å². The number of rotatable bonds is 8. The van der Waals surface area contributed by atoms with Crippen LogP contribution in [0.2, 0.25) is 0 Å². The summed E-state index contributed by atoms with van der Waals surface area (Å²) in [7, 11) is 1.39. The normalized spacial score (nSPS) is 17.9. The van der Waals surface area contributed by atoms with Crippen molar-refractivity contribution >= 4 is 21.8 Å². The molecule has 34 heavy (non-hydrogen) atoms. The molecule has 2 aliphatic heterocycles. The summed E-state index contributed by atoms with van der Waals surface area (Å²) >= 11 is 0. The highest BCUT2D eigenvalue weighted by Crippen LogP contribution is 2.23. The van der Waals surface area contributed by atoms with E-state index in [-0.39, 0.29) is 0 Å². The molecule has 11 heteroatoms. The van der Waals surface area contributed by atoms with Crippen molar-refractivity contribution in [2.45, 2.75) is 12.8 Å². The number of hydrogen-bond donors (Lipinski definition) is 0. The number of aryl methyl sites for hydroxylation is 2. The molecule has 0 amide bonds. The van der Waals surface area contributed by atoms with E-state index in [0.717, 1.165) is 42.7 Å². The Morgan fingerprint density at radius 3 is 2.06 bits per heavy atom. The Kier molecular flexibility index (Phi) is 7.87. The third-order valence-corrected chi connectivity index (χ3v) is 8.17. The highest BCUT2D eigenvalue weighted by molar-refractivity contribution is 7.86. The maximum atomic E-state index is 12.5. The standard InChI is InChI=1S/C23H34N6O4S/c1-26(2)34(30,31)29-12-10-27(11-13-29)22-18-23(28-14-16-33-17-15-28)25-21(24-22)9-6-19-4-7-20(32-3)8-5-19/h4-5,7-8,18H,6,9-17H2,1-3H3. The SMILES string of the molecule is COc1ccc(CCc2nc(N3CCOCC3)cc(N3CCN(S(=O)(=O)N(C)C)CC3)n2)cc1. The van der Waals surface area contributed by atoms with Crippen LogP contribution < -0.4 is 14.5 Å². The summed E-state index contributed by atoms with van der Waals surface area (Å²) in [5.74, 6) is 3.38. The quantitative estimate of drug-likeness (QED) is 0.542. The van der Waals surface area contributed by atoms with Crippen molar-refractivity contribution in [2.75, 3.05) is 83.5 Å². The predicted octanol–water partition coefficient (Wildman–Crippen LogP) is 1.04. The van der Waals surface area contributed by atoms with Gasteiger partial charge in [0.1, 0.15) is 23.2 Å². The van der Waals surface area contributed by atoms with Gasteiger partial charge in [-0.25, -0.2) is 9.97 Å². The van der Waals surface area contributed by atoms with E-state index < -0.39 is 10.2 Å². The molecule has 0 unspecified atom stereocenters. The van der Waals surface area contributed by atoms with Gasteiger partial charge in [0.15, 0.2) is 0 Å². The van der Waals surface area contributed by atoms with Crippen LogP contribution in [0.5, 0.6) is 5.75 Å². The van der Waals surface area contributed by atoms with Gasteiger partial charge >= 0.3 is 0 Å². The number of benzene rings is 1. The second kappa shape index (κ2) is 10.9. The summed E-state index contributed by atoms with van der Waals surface area (Å²) in [6, 6.07) is 10.1. The molecule has 0 radical (unpaired) electrons. The van der Waals surface area contributed by atoms with Crippen molar-refractivity contribution in [3.63, 3.8) is 0 Å². The average molecular weight is 491 g/mol. The molecule has 0 saturated carbocycles. The van der Waals surface area contributed by atoms with E-state index in [2.05, 4.69) is 21.9 Å². The summed E-state index contributed by atoms with van der Waals surface area (Å²) in [5.41, 5.74) is 1.20. The number of piperazine rings is 1. The van der Waals surface area contributed by atoms with Gasteiger partial charge in [-0.15, -0.1) is 0 Å². The van der Waals surface area contributed by atoms with Gasteiger partial charge in [-0.3, -0.25) is 0 Å². The molecular formula is C23H34N6O4S. The van der Waals surface area contributed by atoms with Gasteiger partial charge in [0.05, 0.1) is 20.3 Å². The van der Waals surface area contributed by atoms with Crippen LogP contribution in [0.15, 0.2) is 30.3 Å². The maximum Gasteiger partial charge on any atom is 0.281 e. The Morgan fingerprint density at radius 1 is 0.912 bits per heavy atom. The molecule has 3 heterocycles. The zero-order valence-corrected chi connectivity index (χ0v) is 21.0. The first kappa shape index (κ1) is 24.6. The fraction of sp³-hybridized carbons (Fsp3) is 0.565. The molecule has 2 saturated heterocycles. The summed E-state index contributed by atoms with van der Waals surface area (Å²) in [6.45, 7) is 4.99. The van der Waals surface area contributed by atoms with Gasteiger partial charge in [-0.05, 0) is 24.1 Å². The van der Waals surface area contributed by atoms with Gasteiger partial charge in [-0.2, -0.15) is 17.0 Å². The summed E-state index contributed by atoms with van der Waals surface area (Å²) in [5, 5.41) is 0. The van der Waals surface area contributed by atoms with Gasteiger partial charge in [-0.1, -0.05) is 12.1 Å². The number of hydrogen-bond acceptors (Lipinski definition) is 8. The number of anilines is 2. The highest BCUT2D eigenvalue weighted by atomic mass is 32.2. The third kappa shape index (κ3) is 5.77. The van der Waals surface area contributed by atoms with E-state index in [1.54, 1.807) is 21.2 Å². The van der Waals surface area contributed by atoms with Crippen LogP contribution in [0.25, 0.3) is 0 Å². The Balaban J connectivity index is 1.51. The van der Waals surface area contributed by atoms with Crippen LogP contribution in [-0.2, 0) is 27.8 Å². The topological polar surface area (TPSA) is 91.3 Å². The first-order valence-electron chi connectivity index (χ1n) is 11.6. The average Bonchev–Trinajstić information content (AvgIpc) is 2.88. The van der Waals surface area contributed by atoms with Crippen molar-refractivity contribution in [2.24, 2.45) is 0 Å². The van der Waals surface area contributed by atoms with E-state index in [1.165, 1.54) is 14.2 Å². The van der Waals surface area contributed by atoms with Gasteiger partial charge < -0.3 is 19.3 Å². The van der Waals surface area contributed by atoms with E-state index >= 15 is 0 Å². The summed E-state index contributed by atoms with van der Waals surface area (Å²) in [4.78, 5) is 14.1. The summed E-state index contributed by atoms with van der Waals surface area (Å²) < 4.78 is 38.5. The first-order chi connectivity index (χ1) is 16.4. The molecule has 0 spiro atoms. The van der Waals surface area contributed by atoms with Crippen LogP contribution in [0.4, 0.5) is 11.6 Å². The molecule has 2 fully saturated rings. The van der Waals surface area contributed by atoms with Gasteiger partial charge in [0.25, 0.3) is 10.2 Å². The number of aromatic nitrogens is 2. The minimum atomic E-state index is -3.41. The second-order valence-electron chi connectivity index (χ2n) is 8.62. The predicted molar refractivity (Wildman–Crippen MR) is 132 cm³/mol. The molecule has 1 aromatic carbocycles. The fourth-order valence-electron chi connectivity index (χ4n) is 4.12. The lowest BCUT2D eigenvalue weighted by molar-refractivity contribution is 0.122. The Bertz CT molecular complexity index is 1050. The molecule has 10 nitrogen and oxygen atoms in total. The van der Waals surface area contributed by atoms with Gasteiger partial charge in [0.2, 0.25) is 0 Å². The van der Waals surface area contributed by atoms with Crippen molar-refractivity contribution in [3.8, 4) is 5.75 Å². The Hall–Kier alpha value is -2.47. The first-order valence-corrected chi connectivity index (χ1v) is 13.0. The van der Waals surface area contributed by atoms with E-state index in [9.17, 15) is 8.42 Å². The van der Waals surface area contributed by atoms with Crippen LogP contribution >= 0.6 is 0 Å². The number of morpholine rings is 1. The van der Waals surface area contributed by atoms with Crippen molar-refractivity contribution in [1.29, 1.82) is 0 Å². The lowest BCUT2D eigenvalue weighted by atomic mass is 10.1. The zero-order valence-electron chi connectivity index (χ0n) is 20.2. The largest absolute Gasteiger partial charge is 0.497 e. The minimum absolute atomic E-state index is 0.429. The molecule has 1 aromatic heterocycles. The van der Waals surface area contributed by atoms with Crippen molar-refractivity contribution in [3.05, 3.63) is 41.7 Å². The molecule has 0 atom stereocenters. The fourth-order valence-corrected chi connectivity index (χ4v) is 5.21. The molecule has 0 N–H and O–H groups in total. The summed E-state index contributed by atoms with van der Waals surface area (Å²) in [6.07, 6.45) is 1.54. The van der Waals surface area contributed by atoms with Crippen LogP contribution in [0.1, 0.15) is 11.4 Å². The van der Waals surface area contributed by atoms with E-state index in [0.29, 0.717) is 45.8 Å². The van der Waals surface area contributed by atoms with Crippen molar-refractivity contribution < 1.29 is 17.9 Å². The lowest BCUT2D eigenvalue weighted by Gasteiger charge is -2.36. The van der Waals surface area contributed by atoms with Crippen LogP contribution in [0.3, 0.4) is 0 Å². The molecule has 4 rings (SSSR count). The number of nitrogens with zero attached hydrogens (tertiary/aromatic N) is 6. The second-order valence-corrected chi connectivity index (χ2v) is 10.8. The zero-order chi connectivity index (χ0) is 24.1. The number of methoxy groups -OCH3 is 1. The molecule has 2 aliphatic rings. The molecular weight excluding hydrogens is 456 g/mol. The van der Waals surface area contributed by atoms with Crippen LogP contribution in [-0.4, -0.2) is 101 Å². The monoisotopic (exact) mass is 490 g/mol. The van der Waals surface area contributed by atoms with Crippen LogP contribution in [0, 0.1) is 0 Å². The number of ether oxygens (including phenoxy) is 2. The maximum absolute atomic E-state index is 12.5. The molecule has 0 aliphatic carbocycles. The molecule has 0 bridgehead atoms.